The van der Waals surface area contributed by atoms with Gasteiger partial charge in [0.1, 0.15) is 5.75 Å². The molecular weight excluding hydrogens is 334 g/mol. The van der Waals surface area contributed by atoms with Crippen LogP contribution in [0.1, 0.15) is 10.4 Å². The van der Waals surface area contributed by atoms with Crippen LogP contribution < -0.4 is 10.1 Å². The van der Waals surface area contributed by atoms with Gasteiger partial charge in [-0.15, -0.1) is 0 Å². The summed E-state index contributed by atoms with van der Waals surface area (Å²) in [6.45, 7) is 0. The second kappa shape index (κ2) is 6.57. The Morgan fingerprint density at radius 2 is 1.96 bits per heavy atom. The number of nitro benzene ring substituents is 1. The Kier molecular flexibility index (Phi) is 4.75. The molecule has 1 amide bonds. The molecule has 0 heterocycles. The molecule has 2 aromatic carbocycles. The number of nitro groups is 1. The number of amides is 1. The monoisotopic (exact) mass is 342 g/mol. The standard InChI is InChI=1S/C14H9ClF2N2O4/c1-23-12-4-2-3-11(19(21)22)13(12)18-14(20)7-5-9(16)10(17)6-8(7)15/h2-6H,1H3,(H,18,20). The Hall–Kier alpha value is -2.74. The lowest BCUT2D eigenvalue weighted by atomic mass is 10.1. The number of carbonyl (C=O) groups excluding carboxylic acids is 1. The molecule has 0 bridgehead atoms. The van der Waals surface area contributed by atoms with E-state index in [1.807, 2.05) is 0 Å². The van der Waals surface area contributed by atoms with Gasteiger partial charge in [0.15, 0.2) is 17.3 Å². The van der Waals surface area contributed by atoms with E-state index in [0.717, 1.165) is 6.07 Å². The van der Waals surface area contributed by atoms with Crippen molar-refractivity contribution in [2.75, 3.05) is 12.4 Å². The van der Waals surface area contributed by atoms with Crippen LogP contribution in [0.2, 0.25) is 5.02 Å². The van der Waals surface area contributed by atoms with Crippen molar-refractivity contribution in [1.29, 1.82) is 0 Å². The number of ether oxygens (including phenoxy) is 1. The van der Waals surface area contributed by atoms with E-state index >= 15 is 0 Å². The Labute approximate surface area is 133 Å². The van der Waals surface area contributed by atoms with E-state index in [-0.39, 0.29) is 22.0 Å². The Morgan fingerprint density at radius 3 is 2.57 bits per heavy atom. The number of para-hydroxylation sites is 1. The van der Waals surface area contributed by atoms with Gasteiger partial charge >= 0.3 is 0 Å². The molecule has 1 N–H and O–H groups in total. The number of nitrogens with one attached hydrogen (secondary N) is 1. The van der Waals surface area contributed by atoms with Crippen molar-refractivity contribution in [3.63, 3.8) is 0 Å². The fraction of sp³-hybridized carbons (Fsp3) is 0.0714. The van der Waals surface area contributed by atoms with Gasteiger partial charge < -0.3 is 10.1 Å². The second-order valence-electron chi connectivity index (χ2n) is 4.31. The van der Waals surface area contributed by atoms with Gasteiger partial charge in [-0.25, -0.2) is 8.78 Å². The third-order valence-electron chi connectivity index (χ3n) is 2.91. The maximum absolute atomic E-state index is 13.3. The van der Waals surface area contributed by atoms with Crippen LogP contribution in [0.25, 0.3) is 0 Å². The smallest absolute Gasteiger partial charge is 0.296 e. The largest absolute Gasteiger partial charge is 0.494 e. The fourth-order valence-corrected chi connectivity index (χ4v) is 2.08. The first-order chi connectivity index (χ1) is 10.8. The van der Waals surface area contributed by atoms with Gasteiger partial charge in [-0.3, -0.25) is 14.9 Å². The number of rotatable bonds is 4. The lowest BCUT2D eigenvalue weighted by molar-refractivity contribution is -0.384. The summed E-state index contributed by atoms with van der Waals surface area (Å²) >= 11 is 5.71. The van der Waals surface area contributed by atoms with Crippen LogP contribution in [0.3, 0.4) is 0 Å². The summed E-state index contributed by atoms with van der Waals surface area (Å²) in [5.74, 6) is -3.39. The predicted octanol–water partition coefficient (Wildman–Crippen LogP) is 3.79. The number of benzene rings is 2. The molecule has 2 rings (SSSR count). The van der Waals surface area contributed by atoms with Gasteiger partial charge in [-0.05, 0) is 18.2 Å². The number of halogens is 3. The van der Waals surface area contributed by atoms with Crippen molar-refractivity contribution in [3.8, 4) is 5.75 Å². The van der Waals surface area contributed by atoms with E-state index in [0.29, 0.717) is 12.1 Å². The molecule has 120 valence electrons. The molecule has 0 aromatic heterocycles. The minimum atomic E-state index is -1.27. The van der Waals surface area contributed by atoms with Crippen molar-refractivity contribution < 1.29 is 23.2 Å². The van der Waals surface area contributed by atoms with Gasteiger partial charge in [-0.2, -0.15) is 0 Å². The van der Waals surface area contributed by atoms with E-state index in [4.69, 9.17) is 16.3 Å². The molecule has 0 aliphatic heterocycles. The third kappa shape index (κ3) is 3.37. The lowest BCUT2D eigenvalue weighted by Crippen LogP contribution is -2.15. The first-order valence-corrected chi connectivity index (χ1v) is 6.50. The summed E-state index contributed by atoms with van der Waals surface area (Å²) in [7, 11) is 1.26. The molecular formula is C14H9ClF2N2O4. The van der Waals surface area contributed by atoms with Crippen LogP contribution in [0.4, 0.5) is 20.2 Å². The van der Waals surface area contributed by atoms with E-state index < -0.39 is 28.2 Å². The molecule has 9 heteroatoms. The number of methoxy groups -OCH3 is 1. The van der Waals surface area contributed by atoms with Crippen molar-refractivity contribution in [1.82, 2.24) is 0 Å². The quantitative estimate of drug-likeness (QED) is 0.520. The second-order valence-corrected chi connectivity index (χ2v) is 4.72. The zero-order valence-electron chi connectivity index (χ0n) is 11.6. The molecule has 0 aliphatic carbocycles. The molecule has 6 nitrogen and oxygen atoms in total. The molecule has 0 saturated heterocycles. The number of anilines is 1. The zero-order valence-corrected chi connectivity index (χ0v) is 12.4. The molecule has 23 heavy (non-hydrogen) atoms. The highest BCUT2D eigenvalue weighted by molar-refractivity contribution is 6.34. The summed E-state index contributed by atoms with van der Waals surface area (Å²) in [6.07, 6.45) is 0. The van der Waals surface area contributed by atoms with Gasteiger partial charge in [0.25, 0.3) is 11.6 Å². The molecule has 0 aliphatic rings. The highest BCUT2D eigenvalue weighted by atomic mass is 35.5. The summed E-state index contributed by atoms with van der Waals surface area (Å²) in [4.78, 5) is 22.5. The highest BCUT2D eigenvalue weighted by Gasteiger charge is 2.23. The average molecular weight is 343 g/mol. The third-order valence-corrected chi connectivity index (χ3v) is 3.23. The first-order valence-electron chi connectivity index (χ1n) is 6.12. The molecule has 0 saturated carbocycles. The molecule has 0 atom stereocenters. The first kappa shape index (κ1) is 16.6. The number of nitrogens with zero attached hydrogens (tertiary/aromatic N) is 1. The fourth-order valence-electron chi connectivity index (χ4n) is 1.84. The average Bonchev–Trinajstić information content (AvgIpc) is 2.50. The highest BCUT2D eigenvalue weighted by Crippen LogP contribution is 2.34. The minimum Gasteiger partial charge on any atom is -0.494 e. The van der Waals surface area contributed by atoms with Crippen LogP contribution in [0, 0.1) is 21.7 Å². The Balaban J connectivity index is 2.45. The van der Waals surface area contributed by atoms with Crippen molar-refractivity contribution in [2.24, 2.45) is 0 Å². The van der Waals surface area contributed by atoms with E-state index in [1.165, 1.54) is 19.2 Å². The molecule has 0 radical (unpaired) electrons. The van der Waals surface area contributed by atoms with Crippen LogP contribution >= 0.6 is 11.6 Å². The Morgan fingerprint density at radius 1 is 1.30 bits per heavy atom. The van der Waals surface area contributed by atoms with Gasteiger partial charge in [-0.1, -0.05) is 17.7 Å². The molecule has 2 aromatic rings. The van der Waals surface area contributed by atoms with Crippen LogP contribution in [0.15, 0.2) is 30.3 Å². The predicted molar refractivity (Wildman–Crippen MR) is 79.0 cm³/mol. The van der Waals surface area contributed by atoms with Gasteiger partial charge in [0.2, 0.25) is 0 Å². The van der Waals surface area contributed by atoms with Gasteiger partial charge in [0, 0.05) is 6.07 Å². The summed E-state index contributed by atoms with van der Waals surface area (Å²) in [5.41, 5.74) is -1.01. The molecule has 0 fully saturated rings. The van der Waals surface area contributed by atoms with E-state index in [1.54, 1.807) is 0 Å². The SMILES string of the molecule is COc1cccc([N+](=O)[O-])c1NC(=O)c1cc(F)c(F)cc1Cl. The van der Waals surface area contributed by atoms with Crippen molar-refractivity contribution in [3.05, 3.63) is 62.7 Å². The van der Waals surface area contributed by atoms with Crippen molar-refractivity contribution in [2.45, 2.75) is 0 Å². The topological polar surface area (TPSA) is 81.5 Å². The van der Waals surface area contributed by atoms with Gasteiger partial charge in [0.05, 0.1) is 22.6 Å². The summed E-state index contributed by atoms with van der Waals surface area (Å²) < 4.78 is 31.3. The summed E-state index contributed by atoms with van der Waals surface area (Å²) in [6, 6.07) is 5.17. The molecule has 0 unspecified atom stereocenters. The normalized spacial score (nSPS) is 10.3. The van der Waals surface area contributed by atoms with Crippen molar-refractivity contribution >= 4 is 28.9 Å². The Bertz CT molecular complexity index is 799. The van der Waals surface area contributed by atoms with Crippen LogP contribution in [-0.4, -0.2) is 17.9 Å². The summed E-state index contributed by atoms with van der Waals surface area (Å²) in [5, 5.41) is 12.9. The number of hydrogen-bond donors (Lipinski definition) is 1. The number of hydrogen-bond acceptors (Lipinski definition) is 4. The van der Waals surface area contributed by atoms with Crippen LogP contribution in [0.5, 0.6) is 5.75 Å². The maximum atomic E-state index is 13.3. The lowest BCUT2D eigenvalue weighted by Gasteiger charge is -2.11. The number of carbonyl (C=O) groups is 1. The molecule has 0 spiro atoms. The maximum Gasteiger partial charge on any atom is 0.296 e. The zero-order chi connectivity index (χ0) is 17.1. The van der Waals surface area contributed by atoms with E-state index in [2.05, 4.69) is 5.32 Å². The van der Waals surface area contributed by atoms with E-state index in [9.17, 15) is 23.7 Å². The van der Waals surface area contributed by atoms with Crippen LogP contribution in [-0.2, 0) is 0 Å². The minimum absolute atomic E-state index is 0.0336.